The molecule has 1 aromatic rings. The lowest BCUT2D eigenvalue weighted by Crippen LogP contribution is -2.54. The smallest absolute Gasteiger partial charge is 0.244 e. The Morgan fingerprint density at radius 1 is 0.875 bits per heavy atom. The van der Waals surface area contributed by atoms with Gasteiger partial charge in [0.05, 0.1) is 0 Å². The van der Waals surface area contributed by atoms with E-state index in [4.69, 9.17) is 10.9 Å². The van der Waals surface area contributed by atoms with Crippen LogP contribution in [0.2, 0.25) is 0 Å². The molecular weight excluding hydrogens is 412 g/mol. The van der Waals surface area contributed by atoms with Crippen molar-refractivity contribution in [3.63, 3.8) is 0 Å². The average molecular weight is 449 g/mol. The predicted octanol–water partition coefficient (Wildman–Crippen LogP) is 1.29. The van der Waals surface area contributed by atoms with Gasteiger partial charge in [-0.2, -0.15) is 0 Å². The van der Waals surface area contributed by atoms with E-state index in [9.17, 15) is 19.2 Å². The summed E-state index contributed by atoms with van der Waals surface area (Å²) in [5.41, 5.74) is 7.88. The number of rotatable bonds is 13. The van der Waals surface area contributed by atoms with Gasteiger partial charge >= 0.3 is 0 Å². The normalized spacial score (nSPS) is 13.8. The molecule has 0 aliphatic rings. The summed E-state index contributed by atoms with van der Waals surface area (Å²) in [4.78, 5) is 49.5. The van der Waals surface area contributed by atoms with Gasteiger partial charge in [-0.05, 0) is 30.2 Å². The Morgan fingerprint density at radius 3 is 1.94 bits per heavy atom. The molecule has 0 bridgehead atoms. The zero-order valence-electron chi connectivity index (χ0n) is 19.3. The zero-order chi connectivity index (χ0) is 24.3. The fraction of sp³-hybridized carbons (Fsp3) is 0.565. The molecule has 178 valence electrons. The summed E-state index contributed by atoms with van der Waals surface area (Å²) in [6.07, 6.45) is 0.785. The summed E-state index contributed by atoms with van der Waals surface area (Å²) in [5, 5.41) is 14.2. The first-order chi connectivity index (χ1) is 15.0. The van der Waals surface area contributed by atoms with Crippen molar-refractivity contribution in [1.82, 2.24) is 16.1 Å². The first-order valence-corrected chi connectivity index (χ1v) is 10.9. The molecule has 1 rings (SSSR count). The maximum Gasteiger partial charge on any atom is 0.244 e. The van der Waals surface area contributed by atoms with Crippen molar-refractivity contribution < 1.29 is 24.4 Å². The third kappa shape index (κ3) is 9.91. The van der Waals surface area contributed by atoms with Crippen LogP contribution in [0.4, 0.5) is 0 Å². The van der Waals surface area contributed by atoms with E-state index in [1.165, 1.54) is 0 Å². The second kappa shape index (κ2) is 13.5. The Morgan fingerprint density at radius 2 is 1.44 bits per heavy atom. The van der Waals surface area contributed by atoms with Gasteiger partial charge in [-0.15, -0.1) is 0 Å². The number of benzene rings is 1. The third-order valence-electron chi connectivity index (χ3n) is 4.97. The van der Waals surface area contributed by atoms with E-state index >= 15 is 0 Å². The van der Waals surface area contributed by atoms with Crippen LogP contribution in [0, 0.1) is 17.8 Å². The molecule has 32 heavy (non-hydrogen) atoms. The average Bonchev–Trinajstić information content (AvgIpc) is 2.72. The van der Waals surface area contributed by atoms with Gasteiger partial charge in [0, 0.05) is 18.8 Å². The van der Waals surface area contributed by atoms with Crippen molar-refractivity contribution in [3.05, 3.63) is 35.9 Å². The topological polar surface area (TPSA) is 151 Å². The Hall–Kier alpha value is -2.94. The predicted molar refractivity (Wildman–Crippen MR) is 120 cm³/mol. The number of hydroxylamine groups is 1. The summed E-state index contributed by atoms with van der Waals surface area (Å²) < 4.78 is 0. The van der Waals surface area contributed by atoms with Gasteiger partial charge < -0.3 is 16.4 Å². The molecule has 0 aliphatic heterocycles. The summed E-state index contributed by atoms with van der Waals surface area (Å²) >= 11 is 0. The van der Waals surface area contributed by atoms with E-state index in [0.717, 1.165) is 5.56 Å². The number of amides is 4. The minimum Gasteiger partial charge on any atom is -0.368 e. The fourth-order valence-corrected chi connectivity index (χ4v) is 3.46. The van der Waals surface area contributed by atoms with Gasteiger partial charge in [-0.3, -0.25) is 24.4 Å². The van der Waals surface area contributed by atoms with Crippen LogP contribution in [0.3, 0.4) is 0 Å². The number of primary amides is 1. The minimum atomic E-state index is -0.928. The second-order valence-electron chi connectivity index (χ2n) is 8.91. The molecule has 0 aromatic heterocycles. The van der Waals surface area contributed by atoms with E-state index < -0.39 is 41.6 Å². The number of carbonyl (C=O) groups excluding carboxylic acids is 4. The van der Waals surface area contributed by atoms with E-state index in [1.54, 1.807) is 5.48 Å². The minimum absolute atomic E-state index is 0.0801. The van der Waals surface area contributed by atoms with Crippen LogP contribution in [0.25, 0.3) is 0 Å². The van der Waals surface area contributed by atoms with Gasteiger partial charge in [-0.1, -0.05) is 58.0 Å². The van der Waals surface area contributed by atoms with Gasteiger partial charge in [-0.25, -0.2) is 5.48 Å². The van der Waals surface area contributed by atoms with Crippen molar-refractivity contribution in [2.45, 2.75) is 65.5 Å². The monoisotopic (exact) mass is 448 g/mol. The van der Waals surface area contributed by atoms with E-state index in [2.05, 4.69) is 10.6 Å². The van der Waals surface area contributed by atoms with Gasteiger partial charge in [0.25, 0.3) is 0 Å². The molecule has 3 unspecified atom stereocenters. The van der Waals surface area contributed by atoms with Gasteiger partial charge in [0.1, 0.15) is 12.1 Å². The molecule has 0 radical (unpaired) electrons. The maximum absolute atomic E-state index is 13.0. The number of hydrogen-bond acceptors (Lipinski definition) is 5. The highest BCUT2D eigenvalue weighted by Crippen LogP contribution is 2.17. The first-order valence-electron chi connectivity index (χ1n) is 10.9. The lowest BCUT2D eigenvalue weighted by atomic mass is 9.92. The number of nitrogens with one attached hydrogen (secondary N) is 3. The van der Waals surface area contributed by atoms with Crippen LogP contribution in [0.15, 0.2) is 30.3 Å². The molecule has 3 atom stereocenters. The Bertz CT molecular complexity index is 767. The molecule has 0 heterocycles. The first kappa shape index (κ1) is 27.1. The highest BCUT2D eigenvalue weighted by atomic mass is 16.5. The largest absolute Gasteiger partial charge is 0.368 e. The quantitative estimate of drug-likeness (QED) is 0.228. The highest BCUT2D eigenvalue weighted by molar-refractivity contribution is 5.93. The molecular formula is C23H36N4O5. The molecule has 0 fully saturated rings. The number of nitrogens with two attached hydrogens (primary N) is 1. The summed E-state index contributed by atoms with van der Waals surface area (Å²) in [7, 11) is 0. The summed E-state index contributed by atoms with van der Waals surface area (Å²) in [6, 6.07) is 7.34. The molecule has 1 aromatic carbocycles. The summed E-state index contributed by atoms with van der Waals surface area (Å²) in [5.74, 6) is -2.82. The van der Waals surface area contributed by atoms with Gasteiger partial charge in [0.2, 0.25) is 23.6 Å². The Labute approximate surface area is 189 Å². The van der Waals surface area contributed by atoms with Crippen LogP contribution in [-0.2, 0) is 25.6 Å². The van der Waals surface area contributed by atoms with Crippen LogP contribution < -0.4 is 21.8 Å². The van der Waals surface area contributed by atoms with Crippen molar-refractivity contribution in [2.24, 2.45) is 23.5 Å². The van der Waals surface area contributed by atoms with E-state index in [0.29, 0.717) is 12.8 Å². The van der Waals surface area contributed by atoms with Crippen LogP contribution in [-0.4, -0.2) is 40.9 Å². The standard InChI is InChI=1S/C23H36N4O5/c1-14(2)10-17(13-20(28)27-32)22(30)26-19(11-15(3)4)23(31)25-18(21(24)29)12-16-8-6-5-7-9-16/h5-9,14-15,17-19,32H,10-13H2,1-4H3,(H2,24,29)(H,25,31)(H,26,30)(H,27,28). The molecule has 0 saturated carbocycles. The lowest BCUT2D eigenvalue weighted by molar-refractivity contribution is -0.137. The lowest BCUT2D eigenvalue weighted by Gasteiger charge is -2.25. The Kier molecular flexibility index (Phi) is 11.4. The number of carbonyl (C=O) groups is 4. The third-order valence-corrected chi connectivity index (χ3v) is 4.97. The van der Waals surface area contributed by atoms with Crippen LogP contribution >= 0.6 is 0 Å². The fourth-order valence-electron chi connectivity index (χ4n) is 3.46. The Balaban J connectivity index is 2.95. The second-order valence-corrected chi connectivity index (χ2v) is 8.91. The van der Waals surface area contributed by atoms with Crippen molar-refractivity contribution in [3.8, 4) is 0 Å². The van der Waals surface area contributed by atoms with E-state index in [1.807, 2.05) is 58.0 Å². The maximum atomic E-state index is 13.0. The molecule has 0 spiro atoms. The SMILES string of the molecule is CC(C)CC(CC(=O)NO)C(=O)NC(CC(C)C)C(=O)NC(Cc1ccccc1)C(N)=O. The van der Waals surface area contributed by atoms with Crippen molar-refractivity contribution >= 4 is 23.6 Å². The van der Waals surface area contributed by atoms with Crippen LogP contribution in [0.5, 0.6) is 0 Å². The van der Waals surface area contributed by atoms with Crippen molar-refractivity contribution in [1.29, 1.82) is 0 Å². The van der Waals surface area contributed by atoms with E-state index in [-0.39, 0.29) is 24.7 Å². The molecule has 0 aliphatic carbocycles. The molecule has 6 N–H and O–H groups in total. The molecule has 9 heteroatoms. The molecule has 9 nitrogen and oxygen atoms in total. The number of hydrogen-bond donors (Lipinski definition) is 5. The highest BCUT2D eigenvalue weighted by Gasteiger charge is 2.30. The van der Waals surface area contributed by atoms with Crippen LogP contribution in [0.1, 0.15) is 52.5 Å². The van der Waals surface area contributed by atoms with Crippen molar-refractivity contribution in [2.75, 3.05) is 0 Å². The molecule has 4 amide bonds. The zero-order valence-corrected chi connectivity index (χ0v) is 19.3. The summed E-state index contributed by atoms with van der Waals surface area (Å²) in [6.45, 7) is 7.65. The van der Waals surface area contributed by atoms with Gasteiger partial charge in [0.15, 0.2) is 0 Å². The molecule has 0 saturated heterocycles.